The van der Waals surface area contributed by atoms with E-state index in [0.29, 0.717) is 10.0 Å². The molecule has 17 heavy (non-hydrogen) atoms. The molecule has 92 valence electrons. The highest BCUT2D eigenvalue weighted by Crippen LogP contribution is 2.18. The summed E-state index contributed by atoms with van der Waals surface area (Å²) in [6, 6.07) is 7.01. The summed E-state index contributed by atoms with van der Waals surface area (Å²) in [6.45, 7) is 5.31. The van der Waals surface area contributed by atoms with Gasteiger partial charge in [-0.3, -0.25) is 9.59 Å². The Hall–Kier alpha value is -1.16. The van der Waals surface area contributed by atoms with E-state index in [1.165, 1.54) is 0 Å². The molecule has 0 aliphatic heterocycles. The van der Waals surface area contributed by atoms with Crippen LogP contribution in [0.5, 0.6) is 0 Å². The first-order chi connectivity index (χ1) is 7.79. The third-order valence-corrected chi connectivity index (χ3v) is 2.59. The van der Waals surface area contributed by atoms with Gasteiger partial charge in [0, 0.05) is 10.0 Å². The molecule has 4 heteroatoms. The van der Waals surface area contributed by atoms with E-state index in [2.05, 4.69) is 15.9 Å². The summed E-state index contributed by atoms with van der Waals surface area (Å²) < 4.78 is 5.78. The van der Waals surface area contributed by atoms with Gasteiger partial charge in [0.1, 0.15) is 12.0 Å². The Morgan fingerprint density at radius 1 is 1.24 bits per heavy atom. The molecule has 1 rings (SSSR count). The second-order valence-corrected chi connectivity index (χ2v) is 5.52. The zero-order valence-corrected chi connectivity index (χ0v) is 11.7. The van der Waals surface area contributed by atoms with Crippen LogP contribution in [0.15, 0.2) is 28.7 Å². The number of ether oxygens (including phenoxy) is 1. The number of esters is 1. The van der Waals surface area contributed by atoms with Gasteiger partial charge in [0.25, 0.3) is 0 Å². The third kappa shape index (κ3) is 4.69. The largest absolute Gasteiger partial charge is 0.460 e. The Bertz CT molecular complexity index is 433. The van der Waals surface area contributed by atoms with Crippen molar-refractivity contribution in [3.05, 3.63) is 34.3 Å². The molecule has 0 amide bonds. The van der Waals surface area contributed by atoms with Crippen molar-refractivity contribution in [1.82, 2.24) is 0 Å². The summed E-state index contributed by atoms with van der Waals surface area (Å²) in [4.78, 5) is 23.3. The molecule has 1 aromatic rings. The van der Waals surface area contributed by atoms with Crippen LogP contribution in [0, 0.1) is 0 Å². The molecule has 0 radical (unpaired) electrons. The van der Waals surface area contributed by atoms with Gasteiger partial charge in [0.2, 0.25) is 0 Å². The van der Waals surface area contributed by atoms with Gasteiger partial charge in [-0.1, -0.05) is 34.1 Å². The average molecular weight is 299 g/mol. The van der Waals surface area contributed by atoms with Gasteiger partial charge in [-0.15, -0.1) is 0 Å². The fourth-order valence-electron chi connectivity index (χ4n) is 1.29. The van der Waals surface area contributed by atoms with Gasteiger partial charge in [-0.25, -0.2) is 0 Å². The molecule has 0 aliphatic carbocycles. The summed E-state index contributed by atoms with van der Waals surface area (Å²) in [5.74, 6) is -0.745. The highest BCUT2D eigenvalue weighted by molar-refractivity contribution is 9.10. The van der Waals surface area contributed by atoms with Crippen LogP contribution in [-0.2, 0) is 9.53 Å². The van der Waals surface area contributed by atoms with E-state index in [4.69, 9.17) is 4.74 Å². The normalized spacial score (nSPS) is 11.1. The maximum atomic E-state index is 11.8. The van der Waals surface area contributed by atoms with Crippen molar-refractivity contribution < 1.29 is 14.3 Å². The molecule has 0 bridgehead atoms. The number of hydrogen-bond donors (Lipinski definition) is 0. The number of carbonyl (C=O) groups is 2. The predicted octanol–water partition coefficient (Wildman–Crippen LogP) is 3.36. The Labute approximate surface area is 109 Å². The van der Waals surface area contributed by atoms with Crippen LogP contribution in [0.3, 0.4) is 0 Å². The molecule has 0 heterocycles. The van der Waals surface area contributed by atoms with Crippen LogP contribution >= 0.6 is 15.9 Å². The van der Waals surface area contributed by atoms with Gasteiger partial charge in [0.05, 0.1) is 0 Å². The smallest absolute Gasteiger partial charge is 0.314 e. The van der Waals surface area contributed by atoms with Crippen LogP contribution in [0.2, 0.25) is 0 Å². The summed E-state index contributed by atoms with van der Waals surface area (Å²) in [5.41, 5.74) is -0.0657. The van der Waals surface area contributed by atoms with Crippen molar-refractivity contribution in [1.29, 1.82) is 0 Å². The summed E-state index contributed by atoms with van der Waals surface area (Å²) in [5, 5.41) is 0. The number of carbonyl (C=O) groups excluding carboxylic acids is 2. The fourth-order valence-corrected chi connectivity index (χ4v) is 1.80. The first kappa shape index (κ1) is 13.9. The highest BCUT2D eigenvalue weighted by atomic mass is 79.9. The lowest BCUT2D eigenvalue weighted by atomic mass is 10.1. The fraction of sp³-hybridized carbons (Fsp3) is 0.385. The zero-order valence-electron chi connectivity index (χ0n) is 10.1. The molecule has 0 fully saturated rings. The molecule has 0 unspecified atom stereocenters. The second kappa shape index (κ2) is 5.45. The molecule has 3 nitrogen and oxygen atoms in total. The molecule has 0 saturated carbocycles. The minimum atomic E-state index is -0.564. The maximum Gasteiger partial charge on any atom is 0.314 e. The zero-order chi connectivity index (χ0) is 13.1. The van der Waals surface area contributed by atoms with Crippen molar-refractivity contribution >= 4 is 27.7 Å². The molecule has 0 saturated heterocycles. The number of benzene rings is 1. The lowest BCUT2D eigenvalue weighted by molar-refractivity contribution is -0.153. The van der Waals surface area contributed by atoms with Crippen LogP contribution in [0.4, 0.5) is 0 Å². The number of ketones is 1. The van der Waals surface area contributed by atoms with Crippen LogP contribution in [-0.4, -0.2) is 17.4 Å². The van der Waals surface area contributed by atoms with E-state index in [9.17, 15) is 9.59 Å². The van der Waals surface area contributed by atoms with Crippen molar-refractivity contribution in [3.8, 4) is 0 Å². The van der Waals surface area contributed by atoms with Crippen LogP contribution in [0.1, 0.15) is 37.6 Å². The molecule has 0 spiro atoms. The minimum absolute atomic E-state index is 0.236. The molecule has 0 aromatic heterocycles. The molecule has 0 atom stereocenters. The molecule has 0 aliphatic rings. The summed E-state index contributed by atoms with van der Waals surface area (Å²) >= 11 is 3.28. The Kier molecular flexibility index (Phi) is 4.46. The van der Waals surface area contributed by atoms with Gasteiger partial charge >= 0.3 is 5.97 Å². The third-order valence-electron chi connectivity index (χ3n) is 1.90. The molecular formula is C13H15BrO3. The monoisotopic (exact) mass is 298 g/mol. The Morgan fingerprint density at radius 2 is 1.82 bits per heavy atom. The van der Waals surface area contributed by atoms with E-state index in [-0.39, 0.29) is 12.2 Å². The van der Waals surface area contributed by atoms with Gasteiger partial charge in [-0.05, 0) is 26.8 Å². The van der Waals surface area contributed by atoms with Gasteiger partial charge in [-0.2, -0.15) is 0 Å². The number of Topliss-reactive ketones (excluding diaryl/α,β-unsaturated/α-hetero) is 1. The molecule has 0 N–H and O–H groups in total. The predicted molar refractivity (Wildman–Crippen MR) is 68.9 cm³/mol. The lowest BCUT2D eigenvalue weighted by Crippen LogP contribution is -2.25. The van der Waals surface area contributed by atoms with Crippen molar-refractivity contribution in [2.24, 2.45) is 0 Å². The van der Waals surface area contributed by atoms with Crippen LogP contribution < -0.4 is 0 Å². The number of hydrogen-bond acceptors (Lipinski definition) is 3. The topological polar surface area (TPSA) is 43.4 Å². The Balaban J connectivity index is 2.68. The van der Waals surface area contributed by atoms with Crippen molar-refractivity contribution in [2.75, 3.05) is 0 Å². The maximum absolute atomic E-state index is 11.8. The first-order valence-electron chi connectivity index (χ1n) is 5.29. The first-order valence-corrected chi connectivity index (χ1v) is 6.08. The summed E-state index contributed by atoms with van der Waals surface area (Å²) in [6.07, 6.45) is -0.236. The van der Waals surface area contributed by atoms with E-state index >= 15 is 0 Å². The highest BCUT2D eigenvalue weighted by Gasteiger charge is 2.20. The SMILES string of the molecule is CC(C)(C)OC(=O)CC(=O)c1ccccc1Br. The average Bonchev–Trinajstić information content (AvgIpc) is 2.14. The van der Waals surface area contributed by atoms with E-state index in [1.807, 2.05) is 6.07 Å². The van der Waals surface area contributed by atoms with E-state index in [1.54, 1.807) is 39.0 Å². The standard InChI is InChI=1S/C13H15BrO3/c1-13(2,3)17-12(16)8-11(15)9-6-4-5-7-10(9)14/h4-7H,8H2,1-3H3. The van der Waals surface area contributed by atoms with E-state index < -0.39 is 11.6 Å². The van der Waals surface area contributed by atoms with Crippen LogP contribution in [0.25, 0.3) is 0 Å². The Morgan fingerprint density at radius 3 is 2.35 bits per heavy atom. The van der Waals surface area contributed by atoms with Crippen molar-refractivity contribution in [2.45, 2.75) is 32.8 Å². The second-order valence-electron chi connectivity index (χ2n) is 4.67. The van der Waals surface area contributed by atoms with Gasteiger partial charge < -0.3 is 4.74 Å². The number of rotatable bonds is 3. The van der Waals surface area contributed by atoms with Crippen molar-refractivity contribution in [3.63, 3.8) is 0 Å². The lowest BCUT2D eigenvalue weighted by Gasteiger charge is -2.19. The molecule has 1 aromatic carbocycles. The minimum Gasteiger partial charge on any atom is -0.460 e. The quantitative estimate of drug-likeness (QED) is 0.488. The molecular weight excluding hydrogens is 284 g/mol. The van der Waals surface area contributed by atoms with Gasteiger partial charge in [0.15, 0.2) is 5.78 Å². The summed E-state index contributed by atoms with van der Waals surface area (Å²) in [7, 11) is 0. The number of halogens is 1. The van der Waals surface area contributed by atoms with E-state index in [0.717, 1.165) is 0 Å².